The maximum absolute atomic E-state index is 13.2. The number of nitrogens with zero attached hydrogens (tertiary/aromatic N) is 2. The number of hydrogen-bond acceptors (Lipinski definition) is 3. The second-order valence-electron chi connectivity index (χ2n) is 6.71. The molecule has 0 aliphatic heterocycles. The van der Waals surface area contributed by atoms with Gasteiger partial charge < -0.3 is 5.32 Å². The Morgan fingerprint density at radius 1 is 0.967 bits per heavy atom. The van der Waals surface area contributed by atoms with Crippen LogP contribution in [0.5, 0.6) is 0 Å². The minimum Gasteiger partial charge on any atom is -0.322 e. The van der Waals surface area contributed by atoms with Crippen molar-refractivity contribution in [3.63, 3.8) is 0 Å². The molecule has 4 aromatic rings. The van der Waals surface area contributed by atoms with Crippen LogP contribution in [0.4, 0.5) is 10.1 Å². The quantitative estimate of drug-likeness (QED) is 0.404. The minimum atomic E-state index is -0.622. The van der Waals surface area contributed by atoms with Gasteiger partial charge in [0.1, 0.15) is 0 Å². The number of rotatable bonds is 4. The van der Waals surface area contributed by atoms with Crippen molar-refractivity contribution in [2.24, 2.45) is 0 Å². The molecule has 0 aliphatic carbocycles. The largest absolute Gasteiger partial charge is 0.322 e. The number of hydrogen-bond donors (Lipinski definition) is 1. The van der Waals surface area contributed by atoms with Gasteiger partial charge in [-0.3, -0.25) is 9.78 Å². The van der Waals surface area contributed by atoms with E-state index in [0.29, 0.717) is 33.2 Å². The predicted octanol–water partition coefficient (Wildman–Crippen LogP) is 6.16. The molecule has 0 aliphatic rings. The van der Waals surface area contributed by atoms with E-state index < -0.39 is 5.95 Å². The average molecular weight is 418 g/mol. The standard InChI is InChI=1S/C24H17ClFN3O/c1-15-19(9-12-23(26)28-15)24(30)29-18-8-10-21(25)20(13-18)22-11-7-17(14-27-22)16-5-3-2-4-6-16/h2-14H,1H3,(H,29,30). The van der Waals surface area contributed by atoms with Gasteiger partial charge in [-0.2, -0.15) is 4.39 Å². The summed E-state index contributed by atoms with van der Waals surface area (Å²) in [6.07, 6.45) is 1.79. The third-order valence-electron chi connectivity index (χ3n) is 4.67. The number of benzene rings is 2. The van der Waals surface area contributed by atoms with Crippen LogP contribution in [-0.2, 0) is 0 Å². The van der Waals surface area contributed by atoms with E-state index in [-0.39, 0.29) is 5.91 Å². The van der Waals surface area contributed by atoms with Gasteiger partial charge in [0.15, 0.2) is 0 Å². The summed E-state index contributed by atoms with van der Waals surface area (Å²) in [5, 5.41) is 3.33. The van der Waals surface area contributed by atoms with Gasteiger partial charge in [0.2, 0.25) is 5.95 Å². The van der Waals surface area contributed by atoms with Crippen molar-refractivity contribution in [2.45, 2.75) is 6.92 Å². The first kappa shape index (κ1) is 19.7. The summed E-state index contributed by atoms with van der Waals surface area (Å²) in [5.41, 5.74) is 4.64. The summed E-state index contributed by atoms with van der Waals surface area (Å²) in [4.78, 5) is 20.8. The van der Waals surface area contributed by atoms with Crippen molar-refractivity contribution in [1.29, 1.82) is 0 Å². The first-order valence-corrected chi connectivity index (χ1v) is 9.65. The summed E-state index contributed by atoms with van der Waals surface area (Å²) in [5.74, 6) is -0.997. The van der Waals surface area contributed by atoms with Crippen LogP contribution in [0, 0.1) is 12.9 Å². The lowest BCUT2D eigenvalue weighted by molar-refractivity contribution is 0.102. The smallest absolute Gasteiger partial charge is 0.257 e. The van der Waals surface area contributed by atoms with E-state index in [4.69, 9.17) is 11.6 Å². The highest BCUT2D eigenvalue weighted by molar-refractivity contribution is 6.33. The third kappa shape index (κ3) is 4.21. The van der Waals surface area contributed by atoms with Crippen molar-refractivity contribution in [3.05, 3.63) is 101 Å². The lowest BCUT2D eigenvalue weighted by atomic mass is 10.1. The van der Waals surface area contributed by atoms with Crippen LogP contribution in [0.1, 0.15) is 16.1 Å². The number of carbonyl (C=O) groups is 1. The van der Waals surface area contributed by atoms with E-state index in [1.54, 1.807) is 31.3 Å². The van der Waals surface area contributed by atoms with Crippen molar-refractivity contribution in [1.82, 2.24) is 9.97 Å². The highest BCUT2D eigenvalue weighted by Crippen LogP contribution is 2.31. The second-order valence-corrected chi connectivity index (χ2v) is 7.12. The van der Waals surface area contributed by atoms with E-state index in [2.05, 4.69) is 15.3 Å². The van der Waals surface area contributed by atoms with Crippen LogP contribution in [0.15, 0.2) is 79.0 Å². The van der Waals surface area contributed by atoms with Gasteiger partial charge in [0, 0.05) is 23.0 Å². The Kier molecular flexibility index (Phi) is 5.55. The number of aromatic nitrogens is 2. The Morgan fingerprint density at radius 3 is 2.47 bits per heavy atom. The van der Waals surface area contributed by atoms with E-state index in [1.165, 1.54) is 6.07 Å². The molecule has 6 heteroatoms. The molecule has 0 radical (unpaired) electrons. The predicted molar refractivity (Wildman–Crippen MR) is 117 cm³/mol. The van der Waals surface area contributed by atoms with Gasteiger partial charge in [-0.15, -0.1) is 0 Å². The zero-order valence-corrected chi connectivity index (χ0v) is 16.8. The molecule has 0 unspecified atom stereocenters. The molecule has 2 heterocycles. The maximum Gasteiger partial charge on any atom is 0.257 e. The number of amides is 1. The Balaban J connectivity index is 1.59. The zero-order valence-electron chi connectivity index (χ0n) is 16.1. The fraction of sp³-hybridized carbons (Fsp3) is 0.0417. The number of aryl methyl sites for hydroxylation is 1. The van der Waals surface area contributed by atoms with Gasteiger partial charge in [0.05, 0.1) is 22.0 Å². The second kappa shape index (κ2) is 8.43. The van der Waals surface area contributed by atoms with Crippen LogP contribution in [-0.4, -0.2) is 15.9 Å². The summed E-state index contributed by atoms with van der Waals surface area (Å²) in [6.45, 7) is 1.59. The van der Waals surface area contributed by atoms with E-state index >= 15 is 0 Å². The molecule has 4 nitrogen and oxygen atoms in total. The Morgan fingerprint density at radius 2 is 1.77 bits per heavy atom. The van der Waals surface area contributed by atoms with Crippen LogP contribution >= 0.6 is 11.6 Å². The van der Waals surface area contributed by atoms with E-state index in [0.717, 1.165) is 17.2 Å². The molecule has 1 N–H and O–H groups in total. The summed E-state index contributed by atoms with van der Waals surface area (Å²) >= 11 is 6.38. The molecule has 148 valence electrons. The molecule has 0 fully saturated rings. The van der Waals surface area contributed by atoms with Crippen LogP contribution < -0.4 is 5.32 Å². The normalized spacial score (nSPS) is 10.6. The maximum atomic E-state index is 13.2. The van der Waals surface area contributed by atoms with Gasteiger partial charge in [-0.05, 0) is 48.9 Å². The van der Waals surface area contributed by atoms with Crippen molar-refractivity contribution in [3.8, 4) is 22.4 Å². The lowest BCUT2D eigenvalue weighted by Crippen LogP contribution is -2.14. The Bertz CT molecular complexity index is 1210. The topological polar surface area (TPSA) is 54.9 Å². The van der Waals surface area contributed by atoms with Crippen LogP contribution in [0.3, 0.4) is 0 Å². The molecule has 4 rings (SSSR count). The van der Waals surface area contributed by atoms with Crippen LogP contribution in [0.2, 0.25) is 5.02 Å². The number of nitrogens with one attached hydrogen (secondary N) is 1. The Labute approximate surface area is 178 Å². The van der Waals surface area contributed by atoms with Crippen molar-refractivity contribution < 1.29 is 9.18 Å². The molecule has 1 amide bonds. The molecular weight excluding hydrogens is 401 g/mol. The monoisotopic (exact) mass is 417 g/mol. The minimum absolute atomic E-state index is 0.304. The third-order valence-corrected chi connectivity index (χ3v) is 5.00. The lowest BCUT2D eigenvalue weighted by Gasteiger charge is -2.11. The molecule has 30 heavy (non-hydrogen) atoms. The fourth-order valence-corrected chi connectivity index (χ4v) is 3.34. The van der Waals surface area contributed by atoms with Crippen LogP contribution in [0.25, 0.3) is 22.4 Å². The summed E-state index contributed by atoms with van der Waals surface area (Å²) in [7, 11) is 0. The Hall–Kier alpha value is -3.57. The molecule has 2 aromatic heterocycles. The molecule has 0 saturated heterocycles. The number of pyridine rings is 2. The van der Waals surface area contributed by atoms with Gasteiger partial charge in [-0.25, -0.2) is 4.98 Å². The van der Waals surface area contributed by atoms with E-state index in [9.17, 15) is 9.18 Å². The molecule has 0 spiro atoms. The number of halogens is 2. The van der Waals surface area contributed by atoms with E-state index in [1.807, 2.05) is 42.5 Å². The van der Waals surface area contributed by atoms with Crippen molar-refractivity contribution >= 4 is 23.2 Å². The number of carbonyl (C=O) groups excluding carboxylic acids is 1. The average Bonchev–Trinajstić information content (AvgIpc) is 2.76. The van der Waals surface area contributed by atoms with Gasteiger partial charge >= 0.3 is 0 Å². The molecular formula is C24H17ClFN3O. The van der Waals surface area contributed by atoms with Gasteiger partial charge in [0.25, 0.3) is 5.91 Å². The first-order chi connectivity index (χ1) is 14.5. The highest BCUT2D eigenvalue weighted by atomic mass is 35.5. The zero-order chi connectivity index (χ0) is 21.1. The molecule has 0 atom stereocenters. The van der Waals surface area contributed by atoms with Crippen molar-refractivity contribution in [2.75, 3.05) is 5.32 Å². The molecule has 2 aromatic carbocycles. The first-order valence-electron chi connectivity index (χ1n) is 9.27. The molecule has 0 bridgehead atoms. The SMILES string of the molecule is Cc1nc(F)ccc1C(=O)Nc1ccc(Cl)c(-c2ccc(-c3ccccc3)cn2)c1. The molecule has 0 saturated carbocycles. The van der Waals surface area contributed by atoms with Gasteiger partial charge in [-0.1, -0.05) is 48.0 Å². The fourth-order valence-electron chi connectivity index (χ4n) is 3.12. The summed E-state index contributed by atoms with van der Waals surface area (Å²) < 4.78 is 13.2. The summed E-state index contributed by atoms with van der Waals surface area (Å²) in [6, 6.07) is 21.6. The highest BCUT2D eigenvalue weighted by Gasteiger charge is 2.13. The number of anilines is 1.